The summed E-state index contributed by atoms with van der Waals surface area (Å²) in [6.07, 6.45) is 0.332. The Morgan fingerprint density at radius 1 is 1.03 bits per heavy atom. The molecule has 1 atom stereocenters. The van der Waals surface area contributed by atoms with Crippen LogP contribution in [0.25, 0.3) is 0 Å². The Balaban J connectivity index is 1.72. The van der Waals surface area contributed by atoms with Crippen LogP contribution in [0.3, 0.4) is 0 Å². The first-order valence-corrected chi connectivity index (χ1v) is 12.6. The van der Waals surface area contributed by atoms with Gasteiger partial charge in [0.05, 0.1) is 4.90 Å². The van der Waals surface area contributed by atoms with E-state index in [1.807, 2.05) is 61.5 Å². The summed E-state index contributed by atoms with van der Waals surface area (Å²) in [5.41, 5.74) is 4.33. The number of likely N-dealkylation sites (N-methyl/N-ethyl adjacent to an activating group) is 1. The van der Waals surface area contributed by atoms with E-state index in [0.29, 0.717) is 23.6 Å². The molecule has 1 amide bonds. The molecule has 0 spiro atoms. The SMILES string of the molecule is Cc1ccc(C)c(S(=O)(=O)N2Cc3ccccc3C[C@H]2C(=O)N(C)Cc2cccc(Cl)c2)c1. The number of amides is 1. The highest BCUT2D eigenvalue weighted by Crippen LogP contribution is 2.31. The van der Waals surface area contributed by atoms with E-state index in [1.54, 1.807) is 31.0 Å². The van der Waals surface area contributed by atoms with Crippen LogP contribution in [-0.4, -0.2) is 36.6 Å². The van der Waals surface area contributed by atoms with Gasteiger partial charge in [0, 0.05) is 25.2 Å². The summed E-state index contributed by atoms with van der Waals surface area (Å²) in [4.78, 5) is 15.5. The van der Waals surface area contributed by atoms with Gasteiger partial charge in [0.15, 0.2) is 0 Å². The van der Waals surface area contributed by atoms with Crippen LogP contribution in [0.5, 0.6) is 0 Å². The van der Waals surface area contributed by atoms with E-state index in [9.17, 15) is 13.2 Å². The maximum Gasteiger partial charge on any atom is 0.244 e. The molecular weight excluding hydrogens is 456 g/mol. The van der Waals surface area contributed by atoms with Crippen molar-refractivity contribution in [1.82, 2.24) is 9.21 Å². The van der Waals surface area contributed by atoms with Crippen molar-refractivity contribution < 1.29 is 13.2 Å². The first-order valence-electron chi connectivity index (χ1n) is 10.8. The molecule has 3 aromatic carbocycles. The normalized spacial score (nSPS) is 16.3. The van der Waals surface area contributed by atoms with Crippen molar-refractivity contribution in [3.8, 4) is 0 Å². The third kappa shape index (κ3) is 4.83. The number of hydrogen-bond acceptors (Lipinski definition) is 3. The summed E-state index contributed by atoms with van der Waals surface area (Å²) in [5.74, 6) is -0.238. The average molecular weight is 483 g/mol. The third-order valence-electron chi connectivity index (χ3n) is 6.11. The number of hydrogen-bond donors (Lipinski definition) is 0. The second-order valence-corrected chi connectivity index (χ2v) is 10.9. The molecule has 0 bridgehead atoms. The summed E-state index contributed by atoms with van der Waals surface area (Å²) in [6.45, 7) is 4.15. The Hall–Kier alpha value is -2.67. The number of sulfonamides is 1. The zero-order valence-corrected chi connectivity index (χ0v) is 20.5. The lowest BCUT2D eigenvalue weighted by atomic mass is 9.95. The highest BCUT2D eigenvalue weighted by Gasteiger charge is 2.41. The van der Waals surface area contributed by atoms with Crippen LogP contribution in [-0.2, 0) is 34.3 Å². The molecule has 172 valence electrons. The number of halogens is 1. The van der Waals surface area contributed by atoms with Crippen molar-refractivity contribution in [1.29, 1.82) is 0 Å². The monoisotopic (exact) mass is 482 g/mol. The van der Waals surface area contributed by atoms with Gasteiger partial charge in [-0.3, -0.25) is 4.79 Å². The van der Waals surface area contributed by atoms with Gasteiger partial charge in [0.1, 0.15) is 6.04 Å². The molecule has 0 radical (unpaired) electrons. The molecule has 0 N–H and O–H groups in total. The second-order valence-electron chi connectivity index (χ2n) is 8.63. The second kappa shape index (κ2) is 9.29. The quantitative estimate of drug-likeness (QED) is 0.528. The van der Waals surface area contributed by atoms with E-state index in [-0.39, 0.29) is 17.3 Å². The van der Waals surface area contributed by atoms with Crippen molar-refractivity contribution >= 4 is 27.5 Å². The first kappa shape index (κ1) is 23.5. The van der Waals surface area contributed by atoms with Crippen molar-refractivity contribution in [3.05, 3.63) is 99.6 Å². The van der Waals surface area contributed by atoms with Crippen LogP contribution in [0.2, 0.25) is 5.02 Å². The molecule has 0 unspecified atom stereocenters. The number of nitrogens with zero attached hydrogens (tertiary/aromatic N) is 2. The van der Waals surface area contributed by atoms with E-state index in [1.165, 1.54) is 4.31 Å². The Morgan fingerprint density at radius 2 is 1.76 bits per heavy atom. The maximum atomic E-state index is 13.8. The summed E-state index contributed by atoms with van der Waals surface area (Å²) in [6, 6.07) is 19.6. The number of carbonyl (C=O) groups is 1. The summed E-state index contributed by atoms with van der Waals surface area (Å²) in [7, 11) is -2.20. The largest absolute Gasteiger partial charge is 0.340 e. The van der Waals surface area contributed by atoms with Gasteiger partial charge in [0.25, 0.3) is 0 Å². The molecule has 33 heavy (non-hydrogen) atoms. The lowest BCUT2D eigenvalue weighted by Gasteiger charge is -2.37. The summed E-state index contributed by atoms with van der Waals surface area (Å²) in [5, 5.41) is 0.596. The first-order chi connectivity index (χ1) is 15.7. The molecule has 1 heterocycles. The number of aryl methyl sites for hydroxylation is 2. The fraction of sp³-hybridized carbons (Fsp3) is 0.269. The number of benzene rings is 3. The van der Waals surface area contributed by atoms with Crippen molar-refractivity contribution in [3.63, 3.8) is 0 Å². The van der Waals surface area contributed by atoms with Crippen LogP contribution in [0.1, 0.15) is 27.8 Å². The average Bonchev–Trinajstić information content (AvgIpc) is 2.79. The molecule has 0 saturated heterocycles. The van der Waals surface area contributed by atoms with Gasteiger partial charge in [-0.1, -0.05) is 60.1 Å². The van der Waals surface area contributed by atoms with Gasteiger partial charge >= 0.3 is 0 Å². The van der Waals surface area contributed by atoms with Crippen molar-refractivity contribution in [2.45, 2.75) is 44.3 Å². The lowest BCUT2D eigenvalue weighted by Crippen LogP contribution is -2.52. The predicted molar refractivity (Wildman–Crippen MR) is 131 cm³/mol. The zero-order chi connectivity index (χ0) is 23.8. The van der Waals surface area contributed by atoms with Gasteiger partial charge in [-0.15, -0.1) is 0 Å². The fourth-order valence-electron chi connectivity index (χ4n) is 4.32. The Kier molecular flexibility index (Phi) is 6.61. The number of rotatable bonds is 5. The van der Waals surface area contributed by atoms with E-state index in [0.717, 1.165) is 22.3 Å². The Bertz CT molecular complexity index is 1310. The number of fused-ring (bicyclic) bond motifs is 1. The molecular formula is C26H27ClN2O3S. The molecule has 1 aliphatic rings. The lowest BCUT2D eigenvalue weighted by molar-refractivity contribution is -0.135. The van der Waals surface area contributed by atoms with Crippen LogP contribution in [0.15, 0.2) is 71.6 Å². The molecule has 0 saturated carbocycles. The van der Waals surface area contributed by atoms with Crippen LogP contribution in [0.4, 0.5) is 0 Å². The predicted octanol–water partition coefficient (Wildman–Crippen LogP) is 4.73. The van der Waals surface area contributed by atoms with E-state index >= 15 is 0 Å². The molecule has 0 aliphatic carbocycles. The highest BCUT2D eigenvalue weighted by molar-refractivity contribution is 7.89. The summed E-state index contributed by atoms with van der Waals surface area (Å²) >= 11 is 6.10. The highest BCUT2D eigenvalue weighted by atomic mass is 35.5. The minimum Gasteiger partial charge on any atom is -0.340 e. The molecule has 7 heteroatoms. The van der Waals surface area contributed by atoms with E-state index in [2.05, 4.69) is 0 Å². The van der Waals surface area contributed by atoms with Crippen LogP contribution < -0.4 is 0 Å². The zero-order valence-electron chi connectivity index (χ0n) is 19.0. The third-order valence-corrected chi connectivity index (χ3v) is 8.34. The van der Waals surface area contributed by atoms with E-state index < -0.39 is 16.1 Å². The minimum atomic E-state index is -3.90. The Morgan fingerprint density at radius 3 is 2.48 bits per heavy atom. The van der Waals surface area contributed by atoms with Gasteiger partial charge in [0.2, 0.25) is 15.9 Å². The minimum absolute atomic E-state index is 0.160. The van der Waals surface area contributed by atoms with E-state index in [4.69, 9.17) is 11.6 Å². The maximum absolute atomic E-state index is 13.8. The molecule has 0 fully saturated rings. The standard InChI is InChI=1S/C26H27ClN2O3S/c1-18-11-12-19(2)25(13-18)33(31,32)29-17-22-9-5-4-8-21(22)15-24(29)26(30)28(3)16-20-7-6-10-23(27)14-20/h4-14,24H,15-17H2,1-3H3/t24-/m0/s1. The van der Waals surface area contributed by atoms with Gasteiger partial charge < -0.3 is 4.90 Å². The summed E-state index contributed by atoms with van der Waals surface area (Å²) < 4.78 is 29.1. The topological polar surface area (TPSA) is 57.7 Å². The van der Waals surface area contributed by atoms with Gasteiger partial charge in [-0.25, -0.2) is 8.42 Å². The van der Waals surface area contributed by atoms with Crippen molar-refractivity contribution in [2.75, 3.05) is 7.05 Å². The molecule has 5 nitrogen and oxygen atoms in total. The molecule has 0 aromatic heterocycles. The molecule has 4 rings (SSSR count). The van der Waals surface area contributed by atoms with Crippen molar-refractivity contribution in [2.24, 2.45) is 0 Å². The molecule has 1 aliphatic heterocycles. The van der Waals surface area contributed by atoms with Crippen LogP contribution >= 0.6 is 11.6 Å². The Labute approximate surface area is 200 Å². The fourth-order valence-corrected chi connectivity index (χ4v) is 6.40. The van der Waals surface area contributed by atoms with Crippen LogP contribution in [0, 0.1) is 13.8 Å². The smallest absolute Gasteiger partial charge is 0.244 e. The van der Waals surface area contributed by atoms with Gasteiger partial charge in [-0.05, 0) is 66.3 Å². The van der Waals surface area contributed by atoms with Gasteiger partial charge in [-0.2, -0.15) is 4.31 Å². The number of carbonyl (C=O) groups excluding carboxylic acids is 1. The molecule has 3 aromatic rings.